The lowest BCUT2D eigenvalue weighted by molar-refractivity contribution is 0.629. The summed E-state index contributed by atoms with van der Waals surface area (Å²) in [6, 6.07) is 9.99. The van der Waals surface area contributed by atoms with Crippen LogP contribution in [0.1, 0.15) is 5.69 Å². The minimum absolute atomic E-state index is 0.312. The molecule has 0 amide bonds. The minimum atomic E-state index is -0.312. The summed E-state index contributed by atoms with van der Waals surface area (Å²) in [6.45, 7) is 1.87. The Labute approximate surface area is 103 Å². The molecule has 0 N–H and O–H groups in total. The highest BCUT2D eigenvalue weighted by Gasteiger charge is 2.08. The summed E-state index contributed by atoms with van der Waals surface area (Å²) in [5.41, 5.74) is 3.45. The Morgan fingerprint density at radius 2 is 1.89 bits per heavy atom. The van der Waals surface area contributed by atoms with Gasteiger partial charge in [-0.25, -0.2) is 14.4 Å². The third-order valence-electron chi connectivity index (χ3n) is 2.71. The molecule has 2 heterocycles. The van der Waals surface area contributed by atoms with Gasteiger partial charge in [-0.2, -0.15) is 0 Å². The van der Waals surface area contributed by atoms with Crippen molar-refractivity contribution in [3.8, 4) is 11.4 Å². The number of hydrogen-bond donors (Lipinski definition) is 0. The van der Waals surface area contributed by atoms with Gasteiger partial charge in [0.05, 0.1) is 22.4 Å². The average Bonchev–Trinajstić information content (AvgIpc) is 2.39. The molecule has 88 valence electrons. The lowest BCUT2D eigenvalue weighted by atomic mass is 10.2. The predicted octanol–water partition coefficient (Wildman–Crippen LogP) is 3.14. The standard InChI is InChI=1S/C14H10FN3/c1-9-14(12-4-2-3-7-16-12)18-13-8-10(15)5-6-11(13)17-9/h2-8H,1H3. The van der Waals surface area contributed by atoms with Crippen LogP contribution in [0.25, 0.3) is 22.4 Å². The number of aryl methyl sites for hydroxylation is 1. The maximum Gasteiger partial charge on any atom is 0.125 e. The van der Waals surface area contributed by atoms with E-state index in [-0.39, 0.29) is 5.82 Å². The molecule has 0 atom stereocenters. The van der Waals surface area contributed by atoms with Gasteiger partial charge < -0.3 is 0 Å². The van der Waals surface area contributed by atoms with E-state index in [1.807, 2.05) is 25.1 Å². The van der Waals surface area contributed by atoms with E-state index in [1.54, 1.807) is 12.3 Å². The quantitative estimate of drug-likeness (QED) is 0.654. The minimum Gasteiger partial charge on any atom is -0.255 e. The van der Waals surface area contributed by atoms with Crippen LogP contribution in [0.2, 0.25) is 0 Å². The van der Waals surface area contributed by atoms with Gasteiger partial charge in [-0.15, -0.1) is 0 Å². The van der Waals surface area contributed by atoms with E-state index in [4.69, 9.17) is 0 Å². The zero-order valence-electron chi connectivity index (χ0n) is 9.76. The highest BCUT2D eigenvalue weighted by atomic mass is 19.1. The normalized spacial score (nSPS) is 10.8. The monoisotopic (exact) mass is 239 g/mol. The fraction of sp³-hybridized carbons (Fsp3) is 0.0714. The van der Waals surface area contributed by atoms with Crippen LogP contribution in [-0.2, 0) is 0 Å². The molecular weight excluding hydrogens is 229 g/mol. The van der Waals surface area contributed by atoms with Crippen LogP contribution in [0, 0.1) is 12.7 Å². The van der Waals surface area contributed by atoms with E-state index >= 15 is 0 Å². The largest absolute Gasteiger partial charge is 0.255 e. The summed E-state index contributed by atoms with van der Waals surface area (Å²) >= 11 is 0. The van der Waals surface area contributed by atoms with Crippen molar-refractivity contribution in [2.45, 2.75) is 6.92 Å². The third-order valence-corrected chi connectivity index (χ3v) is 2.71. The molecule has 18 heavy (non-hydrogen) atoms. The third kappa shape index (κ3) is 1.82. The first kappa shape index (κ1) is 10.8. The van der Waals surface area contributed by atoms with Gasteiger partial charge in [0.1, 0.15) is 11.5 Å². The van der Waals surface area contributed by atoms with E-state index in [1.165, 1.54) is 12.1 Å². The molecule has 1 aromatic carbocycles. The highest BCUT2D eigenvalue weighted by molar-refractivity contribution is 5.77. The van der Waals surface area contributed by atoms with Crippen LogP contribution in [0.3, 0.4) is 0 Å². The summed E-state index contributed by atoms with van der Waals surface area (Å²) in [5.74, 6) is -0.312. The SMILES string of the molecule is Cc1nc2ccc(F)cc2nc1-c1ccccn1. The molecule has 0 saturated carbocycles. The number of nitrogens with zero attached hydrogens (tertiary/aromatic N) is 3. The van der Waals surface area contributed by atoms with Crippen LogP contribution in [-0.4, -0.2) is 15.0 Å². The molecule has 0 saturated heterocycles. The number of benzene rings is 1. The highest BCUT2D eigenvalue weighted by Crippen LogP contribution is 2.21. The van der Waals surface area contributed by atoms with Crippen molar-refractivity contribution in [2.24, 2.45) is 0 Å². The molecule has 3 aromatic rings. The molecule has 3 nitrogen and oxygen atoms in total. The Kier molecular flexibility index (Phi) is 2.48. The number of rotatable bonds is 1. The van der Waals surface area contributed by atoms with Gasteiger partial charge in [0.2, 0.25) is 0 Å². The van der Waals surface area contributed by atoms with E-state index < -0.39 is 0 Å². The smallest absolute Gasteiger partial charge is 0.125 e. The molecule has 0 unspecified atom stereocenters. The number of halogens is 1. The Bertz CT molecular complexity index is 711. The van der Waals surface area contributed by atoms with E-state index in [0.717, 1.165) is 11.4 Å². The second-order valence-corrected chi connectivity index (χ2v) is 4.01. The fourth-order valence-corrected chi connectivity index (χ4v) is 1.86. The maximum atomic E-state index is 13.2. The van der Waals surface area contributed by atoms with Crippen LogP contribution < -0.4 is 0 Å². The zero-order chi connectivity index (χ0) is 12.5. The maximum absolute atomic E-state index is 13.2. The Morgan fingerprint density at radius 1 is 1.00 bits per heavy atom. The van der Waals surface area contributed by atoms with Crippen molar-refractivity contribution in [3.05, 3.63) is 54.1 Å². The lowest BCUT2D eigenvalue weighted by Crippen LogP contribution is -1.96. The van der Waals surface area contributed by atoms with E-state index in [0.29, 0.717) is 16.7 Å². The van der Waals surface area contributed by atoms with Crippen LogP contribution >= 0.6 is 0 Å². The summed E-state index contributed by atoms with van der Waals surface area (Å²) in [4.78, 5) is 13.1. The molecule has 0 aliphatic heterocycles. The van der Waals surface area contributed by atoms with Crippen LogP contribution in [0.15, 0.2) is 42.6 Å². The van der Waals surface area contributed by atoms with E-state index in [9.17, 15) is 4.39 Å². The lowest BCUT2D eigenvalue weighted by Gasteiger charge is -2.05. The van der Waals surface area contributed by atoms with Crippen molar-refractivity contribution in [1.29, 1.82) is 0 Å². The first-order valence-electron chi connectivity index (χ1n) is 5.59. The summed E-state index contributed by atoms with van der Waals surface area (Å²) in [5, 5.41) is 0. The molecule has 0 aliphatic carbocycles. The fourth-order valence-electron chi connectivity index (χ4n) is 1.86. The van der Waals surface area contributed by atoms with Gasteiger partial charge >= 0.3 is 0 Å². The van der Waals surface area contributed by atoms with Crippen LogP contribution in [0.4, 0.5) is 4.39 Å². The van der Waals surface area contributed by atoms with Crippen molar-refractivity contribution in [3.63, 3.8) is 0 Å². The van der Waals surface area contributed by atoms with Crippen LogP contribution in [0.5, 0.6) is 0 Å². The molecule has 0 spiro atoms. The second-order valence-electron chi connectivity index (χ2n) is 4.01. The van der Waals surface area contributed by atoms with Gasteiger partial charge in [0.25, 0.3) is 0 Å². The molecule has 3 rings (SSSR count). The number of aromatic nitrogens is 3. The Hall–Kier alpha value is -2.36. The molecule has 2 aromatic heterocycles. The first-order chi connectivity index (χ1) is 8.74. The molecule has 0 bridgehead atoms. The van der Waals surface area contributed by atoms with Crippen molar-refractivity contribution in [2.75, 3.05) is 0 Å². The van der Waals surface area contributed by atoms with Crippen molar-refractivity contribution in [1.82, 2.24) is 15.0 Å². The molecule has 0 radical (unpaired) electrons. The van der Waals surface area contributed by atoms with E-state index in [2.05, 4.69) is 15.0 Å². The van der Waals surface area contributed by atoms with Gasteiger partial charge in [-0.3, -0.25) is 4.98 Å². The second kappa shape index (κ2) is 4.14. The topological polar surface area (TPSA) is 38.7 Å². The Morgan fingerprint density at radius 3 is 2.67 bits per heavy atom. The molecular formula is C14H10FN3. The van der Waals surface area contributed by atoms with Gasteiger partial charge in [-0.1, -0.05) is 6.07 Å². The van der Waals surface area contributed by atoms with Gasteiger partial charge in [-0.05, 0) is 31.2 Å². The molecule has 0 fully saturated rings. The number of fused-ring (bicyclic) bond motifs is 1. The van der Waals surface area contributed by atoms with Gasteiger partial charge in [0.15, 0.2) is 0 Å². The number of hydrogen-bond acceptors (Lipinski definition) is 3. The summed E-state index contributed by atoms with van der Waals surface area (Å²) in [6.07, 6.45) is 1.70. The Balaban J connectivity index is 2.27. The molecule has 0 aliphatic rings. The van der Waals surface area contributed by atoms with Crippen molar-refractivity contribution >= 4 is 11.0 Å². The number of pyridine rings is 1. The summed E-state index contributed by atoms with van der Waals surface area (Å²) < 4.78 is 13.2. The van der Waals surface area contributed by atoms with Gasteiger partial charge in [0, 0.05) is 12.3 Å². The zero-order valence-corrected chi connectivity index (χ0v) is 9.76. The average molecular weight is 239 g/mol. The first-order valence-corrected chi connectivity index (χ1v) is 5.59. The molecule has 4 heteroatoms. The van der Waals surface area contributed by atoms with Crippen molar-refractivity contribution < 1.29 is 4.39 Å². The summed E-state index contributed by atoms with van der Waals surface area (Å²) in [7, 11) is 0. The predicted molar refractivity (Wildman–Crippen MR) is 67.5 cm³/mol.